The maximum absolute atomic E-state index is 4.54. The first-order valence-corrected chi connectivity index (χ1v) is 8.19. The topological polar surface area (TPSA) is 78.5 Å². The van der Waals surface area contributed by atoms with Crippen LogP contribution in [0.25, 0.3) is 11.2 Å². The van der Waals surface area contributed by atoms with E-state index < -0.39 is 0 Å². The van der Waals surface area contributed by atoms with Gasteiger partial charge in [-0.25, -0.2) is 4.98 Å². The molecule has 0 spiro atoms. The number of imidazole rings is 1. The van der Waals surface area contributed by atoms with Crippen LogP contribution in [0.1, 0.15) is 27.2 Å². The zero-order chi connectivity index (χ0) is 14.4. The second-order valence-corrected chi connectivity index (χ2v) is 5.95. The summed E-state index contributed by atoms with van der Waals surface area (Å²) in [5.41, 5.74) is 1.55. The van der Waals surface area contributed by atoms with Gasteiger partial charge in [0.2, 0.25) is 5.95 Å². The number of fused-ring (bicyclic) bond motifs is 1. The third-order valence-electron chi connectivity index (χ3n) is 2.77. The summed E-state index contributed by atoms with van der Waals surface area (Å²) in [6.07, 6.45) is 2.69. The zero-order valence-corrected chi connectivity index (χ0v) is 13.0. The molecule has 7 heteroatoms. The average Bonchev–Trinajstić information content (AvgIpc) is 2.91. The summed E-state index contributed by atoms with van der Waals surface area (Å²) in [5, 5.41) is 6.65. The molecule has 0 radical (unpaired) electrons. The first-order valence-electron chi connectivity index (χ1n) is 7.03. The second kappa shape index (κ2) is 7.33. The predicted octanol–water partition coefficient (Wildman–Crippen LogP) is 2.73. The summed E-state index contributed by atoms with van der Waals surface area (Å²) >= 11 is 1.91. The number of nitrogens with one attached hydrogen (secondary N) is 3. The third kappa shape index (κ3) is 3.75. The first kappa shape index (κ1) is 14.9. The average molecular weight is 294 g/mol. The minimum absolute atomic E-state index is 0.348. The van der Waals surface area contributed by atoms with Gasteiger partial charge in [-0.3, -0.25) is 0 Å². The van der Waals surface area contributed by atoms with E-state index in [4.69, 9.17) is 0 Å². The normalized spacial score (nSPS) is 12.6. The van der Waals surface area contributed by atoms with Crippen molar-refractivity contribution in [3.05, 3.63) is 6.33 Å². The Bertz CT molecular complexity index is 541. The largest absolute Gasteiger partial charge is 0.365 e. The maximum atomic E-state index is 4.54. The molecular formula is C13H22N6S. The van der Waals surface area contributed by atoms with Gasteiger partial charge in [-0.05, 0) is 19.1 Å². The molecule has 0 saturated heterocycles. The van der Waals surface area contributed by atoms with Gasteiger partial charge in [0.05, 0.1) is 6.33 Å². The van der Waals surface area contributed by atoms with Crippen molar-refractivity contribution in [2.75, 3.05) is 28.7 Å². The Morgan fingerprint density at radius 2 is 2.20 bits per heavy atom. The van der Waals surface area contributed by atoms with Crippen LogP contribution >= 0.6 is 11.8 Å². The molecule has 0 aliphatic rings. The van der Waals surface area contributed by atoms with Crippen LogP contribution in [0.15, 0.2) is 6.33 Å². The molecule has 0 aliphatic carbocycles. The van der Waals surface area contributed by atoms with Crippen LogP contribution in [0, 0.1) is 0 Å². The lowest BCUT2D eigenvalue weighted by molar-refractivity contribution is 0.898. The highest BCUT2D eigenvalue weighted by Crippen LogP contribution is 2.20. The predicted molar refractivity (Wildman–Crippen MR) is 86.5 cm³/mol. The Morgan fingerprint density at radius 3 is 2.95 bits per heavy atom. The van der Waals surface area contributed by atoms with E-state index in [0.29, 0.717) is 17.6 Å². The molecule has 0 aromatic carbocycles. The Kier molecular flexibility index (Phi) is 5.46. The van der Waals surface area contributed by atoms with Crippen molar-refractivity contribution in [1.29, 1.82) is 0 Å². The van der Waals surface area contributed by atoms with E-state index in [2.05, 4.69) is 51.3 Å². The number of thioether (sulfide) groups is 1. The number of anilines is 2. The number of nitrogens with zero attached hydrogens (tertiary/aromatic N) is 3. The molecule has 20 heavy (non-hydrogen) atoms. The quantitative estimate of drug-likeness (QED) is 0.695. The molecule has 0 amide bonds. The van der Waals surface area contributed by atoms with Gasteiger partial charge in [0, 0.05) is 18.3 Å². The molecule has 6 nitrogen and oxygen atoms in total. The summed E-state index contributed by atoms with van der Waals surface area (Å²) in [4.78, 5) is 16.3. The van der Waals surface area contributed by atoms with Crippen molar-refractivity contribution in [1.82, 2.24) is 19.9 Å². The Labute approximate surface area is 123 Å². The van der Waals surface area contributed by atoms with Crippen LogP contribution in [-0.4, -0.2) is 44.0 Å². The third-order valence-corrected chi connectivity index (χ3v) is 3.92. The summed E-state index contributed by atoms with van der Waals surface area (Å²) < 4.78 is 0. The van der Waals surface area contributed by atoms with Gasteiger partial charge in [0.25, 0.3) is 0 Å². The lowest BCUT2D eigenvalue weighted by atomic mass is 10.3. The smallest absolute Gasteiger partial charge is 0.226 e. The van der Waals surface area contributed by atoms with Crippen molar-refractivity contribution < 1.29 is 0 Å². The van der Waals surface area contributed by atoms with E-state index in [1.54, 1.807) is 6.33 Å². The number of aromatic nitrogens is 4. The van der Waals surface area contributed by atoms with E-state index in [1.807, 2.05) is 11.8 Å². The highest BCUT2D eigenvalue weighted by Gasteiger charge is 2.11. The van der Waals surface area contributed by atoms with Crippen LogP contribution in [0.5, 0.6) is 0 Å². The summed E-state index contributed by atoms with van der Waals surface area (Å²) in [7, 11) is 0. The SMILES string of the molecule is CCCNc1nc(NC(C)CSCC)c2[nH]cnc2n1. The Hall–Kier alpha value is -1.50. The molecule has 2 rings (SSSR count). The van der Waals surface area contributed by atoms with Crippen LogP contribution in [-0.2, 0) is 0 Å². The van der Waals surface area contributed by atoms with Crippen LogP contribution in [0.2, 0.25) is 0 Å². The van der Waals surface area contributed by atoms with Gasteiger partial charge in [0.1, 0.15) is 5.52 Å². The molecule has 2 aromatic rings. The molecule has 1 atom stereocenters. The summed E-state index contributed by atoms with van der Waals surface area (Å²) in [6, 6.07) is 0.348. The van der Waals surface area contributed by atoms with Crippen molar-refractivity contribution >= 4 is 34.7 Å². The lowest BCUT2D eigenvalue weighted by Crippen LogP contribution is -2.20. The van der Waals surface area contributed by atoms with Crippen LogP contribution < -0.4 is 10.6 Å². The molecule has 3 N–H and O–H groups in total. The monoisotopic (exact) mass is 294 g/mol. The maximum Gasteiger partial charge on any atom is 0.226 e. The minimum atomic E-state index is 0.348. The van der Waals surface area contributed by atoms with Gasteiger partial charge in [0.15, 0.2) is 11.5 Å². The minimum Gasteiger partial charge on any atom is -0.365 e. The molecular weight excluding hydrogens is 272 g/mol. The van der Waals surface area contributed by atoms with Crippen molar-refractivity contribution in [2.24, 2.45) is 0 Å². The van der Waals surface area contributed by atoms with E-state index in [1.165, 1.54) is 0 Å². The fraction of sp³-hybridized carbons (Fsp3) is 0.615. The highest BCUT2D eigenvalue weighted by molar-refractivity contribution is 7.99. The van der Waals surface area contributed by atoms with Crippen LogP contribution in [0.3, 0.4) is 0 Å². The van der Waals surface area contributed by atoms with Crippen molar-refractivity contribution in [3.8, 4) is 0 Å². The van der Waals surface area contributed by atoms with Gasteiger partial charge >= 0.3 is 0 Å². The molecule has 0 fully saturated rings. The number of H-pyrrole nitrogens is 1. The zero-order valence-electron chi connectivity index (χ0n) is 12.2. The van der Waals surface area contributed by atoms with Gasteiger partial charge in [-0.2, -0.15) is 21.7 Å². The number of rotatable bonds is 8. The Morgan fingerprint density at radius 1 is 1.35 bits per heavy atom. The van der Waals surface area contributed by atoms with Crippen molar-refractivity contribution in [3.63, 3.8) is 0 Å². The van der Waals surface area contributed by atoms with E-state index >= 15 is 0 Å². The van der Waals surface area contributed by atoms with Crippen LogP contribution in [0.4, 0.5) is 11.8 Å². The summed E-state index contributed by atoms with van der Waals surface area (Å²) in [5.74, 6) is 3.62. The number of hydrogen-bond acceptors (Lipinski definition) is 6. The van der Waals surface area contributed by atoms with Gasteiger partial charge in [-0.1, -0.05) is 13.8 Å². The van der Waals surface area contributed by atoms with Gasteiger partial charge < -0.3 is 15.6 Å². The molecule has 2 aromatic heterocycles. The summed E-state index contributed by atoms with van der Waals surface area (Å²) in [6.45, 7) is 7.30. The van der Waals surface area contributed by atoms with E-state index in [9.17, 15) is 0 Å². The molecule has 1 unspecified atom stereocenters. The number of aromatic amines is 1. The Balaban J connectivity index is 2.18. The molecule has 0 bridgehead atoms. The van der Waals surface area contributed by atoms with Crippen molar-refractivity contribution in [2.45, 2.75) is 33.2 Å². The molecule has 0 saturated carbocycles. The second-order valence-electron chi connectivity index (χ2n) is 4.63. The fourth-order valence-corrected chi connectivity index (χ4v) is 2.50. The standard InChI is InChI=1S/C13H22N6S/c1-4-6-14-13-18-11-10(15-8-16-11)12(19-13)17-9(3)7-20-5-2/h8-9H,4-7H2,1-3H3,(H3,14,15,16,17,18,19). The molecule has 2 heterocycles. The fourth-order valence-electron chi connectivity index (χ4n) is 1.82. The lowest BCUT2D eigenvalue weighted by Gasteiger charge is -2.15. The molecule has 110 valence electrons. The molecule has 0 aliphatic heterocycles. The van der Waals surface area contributed by atoms with Gasteiger partial charge in [-0.15, -0.1) is 0 Å². The van der Waals surface area contributed by atoms with E-state index in [0.717, 1.165) is 35.8 Å². The number of hydrogen-bond donors (Lipinski definition) is 3. The van der Waals surface area contributed by atoms with E-state index in [-0.39, 0.29) is 0 Å². The first-order chi connectivity index (χ1) is 9.74. The highest BCUT2D eigenvalue weighted by atomic mass is 32.2.